The maximum atomic E-state index is 2.29. The molecule has 0 saturated heterocycles. The molecule has 0 aliphatic carbocycles. The van der Waals surface area contributed by atoms with Gasteiger partial charge in [0.15, 0.2) is 0 Å². The number of nitrogens with zero attached hydrogens (tertiary/aromatic N) is 1. The Bertz CT molecular complexity index is 962. The van der Waals surface area contributed by atoms with Crippen LogP contribution in [0.4, 0.5) is 17.1 Å². The maximum absolute atomic E-state index is 2.29. The van der Waals surface area contributed by atoms with Gasteiger partial charge in [-0.3, -0.25) is 0 Å². The molecule has 0 aromatic heterocycles. The molecular formula is C24H20BN. The van der Waals surface area contributed by atoms with Crippen molar-refractivity contribution in [1.82, 2.24) is 0 Å². The summed E-state index contributed by atoms with van der Waals surface area (Å²) in [5.74, 6) is 0. The molecule has 0 heterocycles. The lowest BCUT2D eigenvalue weighted by Crippen LogP contribution is -2.11. The van der Waals surface area contributed by atoms with Crippen molar-refractivity contribution in [3.05, 3.63) is 109 Å². The van der Waals surface area contributed by atoms with Crippen LogP contribution in [0.2, 0.25) is 0 Å². The lowest BCUT2D eigenvalue weighted by molar-refractivity contribution is 1.29. The molecule has 0 N–H and O–H groups in total. The molecule has 1 nitrogen and oxygen atoms in total. The zero-order chi connectivity index (χ0) is 17.8. The van der Waals surface area contributed by atoms with Crippen molar-refractivity contribution >= 4 is 30.4 Å². The van der Waals surface area contributed by atoms with Crippen molar-refractivity contribution in [2.75, 3.05) is 4.90 Å². The van der Waals surface area contributed by atoms with Gasteiger partial charge in [0.05, 0.1) is 0 Å². The molecule has 0 spiro atoms. The Morgan fingerprint density at radius 3 is 1.42 bits per heavy atom. The number of para-hydroxylation sites is 1. The predicted octanol–water partition coefficient (Wildman–Crippen LogP) is 5.08. The van der Waals surface area contributed by atoms with Crippen LogP contribution < -0.4 is 10.4 Å². The van der Waals surface area contributed by atoms with E-state index in [0.29, 0.717) is 0 Å². The van der Waals surface area contributed by atoms with Crippen LogP contribution in [-0.4, -0.2) is 7.85 Å². The number of hydrogen-bond acceptors (Lipinski definition) is 1. The lowest BCUT2D eigenvalue weighted by Gasteiger charge is -2.25. The number of hydrogen-bond donors (Lipinski definition) is 0. The molecule has 0 radical (unpaired) electrons. The first-order valence-corrected chi connectivity index (χ1v) is 8.88. The molecule has 4 rings (SSSR count). The number of benzene rings is 4. The lowest BCUT2D eigenvalue weighted by atomic mass is 9.96. The van der Waals surface area contributed by atoms with Gasteiger partial charge in [0.1, 0.15) is 7.85 Å². The minimum Gasteiger partial charge on any atom is -0.311 e. The summed E-state index contributed by atoms with van der Waals surface area (Å²) in [5, 5.41) is 0. The highest BCUT2D eigenvalue weighted by Gasteiger charge is 2.12. The third kappa shape index (κ3) is 3.40. The largest absolute Gasteiger partial charge is 0.311 e. The Morgan fingerprint density at radius 1 is 0.423 bits per heavy atom. The molecule has 0 saturated carbocycles. The normalized spacial score (nSPS) is 10.5. The Kier molecular flexibility index (Phi) is 4.57. The Morgan fingerprint density at radius 2 is 0.846 bits per heavy atom. The molecule has 0 bridgehead atoms. The van der Waals surface area contributed by atoms with Gasteiger partial charge in [-0.2, -0.15) is 0 Å². The first kappa shape index (κ1) is 16.2. The van der Waals surface area contributed by atoms with Crippen molar-refractivity contribution in [2.45, 2.75) is 0 Å². The van der Waals surface area contributed by atoms with E-state index in [1.807, 2.05) is 6.07 Å². The second-order valence-corrected chi connectivity index (χ2v) is 6.42. The topological polar surface area (TPSA) is 3.24 Å². The van der Waals surface area contributed by atoms with Crippen LogP contribution in [0.1, 0.15) is 0 Å². The van der Waals surface area contributed by atoms with Crippen LogP contribution in [0.15, 0.2) is 109 Å². The van der Waals surface area contributed by atoms with Crippen molar-refractivity contribution < 1.29 is 0 Å². The van der Waals surface area contributed by atoms with E-state index in [4.69, 9.17) is 0 Å². The van der Waals surface area contributed by atoms with Gasteiger partial charge in [-0.05, 0) is 47.5 Å². The predicted molar refractivity (Wildman–Crippen MR) is 115 cm³/mol. The van der Waals surface area contributed by atoms with Crippen molar-refractivity contribution in [3.8, 4) is 11.1 Å². The average Bonchev–Trinajstić information content (AvgIpc) is 2.72. The van der Waals surface area contributed by atoms with Crippen LogP contribution in [0.3, 0.4) is 0 Å². The van der Waals surface area contributed by atoms with Crippen LogP contribution in [-0.2, 0) is 0 Å². The van der Waals surface area contributed by atoms with E-state index in [1.54, 1.807) is 0 Å². The summed E-state index contributed by atoms with van der Waals surface area (Å²) in [7, 11) is 2.12. The smallest absolute Gasteiger partial charge is 0.139 e. The summed E-state index contributed by atoms with van der Waals surface area (Å²) >= 11 is 0. The molecule has 124 valence electrons. The minimum atomic E-state index is 1.15. The van der Waals surface area contributed by atoms with Gasteiger partial charge in [-0.25, -0.2) is 0 Å². The summed E-state index contributed by atoms with van der Waals surface area (Å²) < 4.78 is 0. The zero-order valence-electron chi connectivity index (χ0n) is 14.8. The first-order valence-electron chi connectivity index (χ1n) is 8.88. The fraction of sp³-hybridized carbons (Fsp3) is 0. The average molecular weight is 333 g/mol. The Balaban J connectivity index is 1.76. The van der Waals surface area contributed by atoms with Crippen LogP contribution >= 0.6 is 0 Å². The monoisotopic (exact) mass is 333 g/mol. The van der Waals surface area contributed by atoms with E-state index in [9.17, 15) is 0 Å². The Hall–Kier alpha value is -3.26. The first-order chi connectivity index (χ1) is 12.8. The summed E-state index contributed by atoms with van der Waals surface area (Å²) in [5.41, 5.74) is 7.20. The third-order valence-electron chi connectivity index (χ3n) is 4.54. The molecular weight excluding hydrogens is 313 g/mol. The summed E-state index contributed by atoms with van der Waals surface area (Å²) in [6.45, 7) is 0. The highest BCUT2D eigenvalue weighted by molar-refractivity contribution is 6.32. The highest BCUT2D eigenvalue weighted by atomic mass is 15.1. The fourth-order valence-electron chi connectivity index (χ4n) is 3.15. The van der Waals surface area contributed by atoms with E-state index in [1.165, 1.54) is 16.6 Å². The standard InChI is InChI=1S/C24H20BN/c25-21-13-17-24(18-14-21)26(22-9-5-2-6-10-22)23-15-11-20(12-16-23)19-7-3-1-4-8-19/h1-18H,25H2. The SMILES string of the molecule is Bc1ccc(N(c2ccccc2)c2ccc(-c3ccccc3)cc2)cc1. The van der Waals surface area contributed by atoms with Crippen LogP contribution in [0.25, 0.3) is 11.1 Å². The quantitative estimate of drug-likeness (QED) is 0.471. The number of rotatable bonds is 4. The molecule has 0 amide bonds. The maximum Gasteiger partial charge on any atom is 0.139 e. The van der Waals surface area contributed by atoms with E-state index in [2.05, 4.69) is 116 Å². The second-order valence-electron chi connectivity index (χ2n) is 6.42. The molecule has 0 fully saturated rings. The molecule has 0 aliphatic heterocycles. The van der Waals surface area contributed by atoms with E-state index < -0.39 is 0 Å². The highest BCUT2D eigenvalue weighted by Crippen LogP contribution is 2.34. The van der Waals surface area contributed by atoms with Gasteiger partial charge in [0.2, 0.25) is 0 Å². The summed E-state index contributed by atoms with van der Waals surface area (Å²) in [6, 6.07) is 38.4. The van der Waals surface area contributed by atoms with Gasteiger partial charge >= 0.3 is 0 Å². The van der Waals surface area contributed by atoms with Gasteiger partial charge in [-0.1, -0.05) is 78.3 Å². The fourth-order valence-corrected chi connectivity index (χ4v) is 3.15. The van der Waals surface area contributed by atoms with Gasteiger partial charge in [-0.15, -0.1) is 0 Å². The van der Waals surface area contributed by atoms with Crippen LogP contribution in [0.5, 0.6) is 0 Å². The molecule has 2 heteroatoms. The summed E-state index contributed by atoms with van der Waals surface area (Å²) in [4.78, 5) is 2.29. The Labute approximate surface area is 156 Å². The summed E-state index contributed by atoms with van der Waals surface area (Å²) in [6.07, 6.45) is 0. The van der Waals surface area contributed by atoms with Crippen molar-refractivity contribution in [2.24, 2.45) is 0 Å². The van der Waals surface area contributed by atoms with Gasteiger partial charge in [0, 0.05) is 17.1 Å². The van der Waals surface area contributed by atoms with E-state index >= 15 is 0 Å². The van der Waals surface area contributed by atoms with Crippen LogP contribution in [0, 0.1) is 0 Å². The minimum absolute atomic E-state index is 1.15. The van der Waals surface area contributed by atoms with E-state index in [0.717, 1.165) is 17.1 Å². The number of anilines is 3. The molecule has 4 aromatic carbocycles. The zero-order valence-corrected chi connectivity index (χ0v) is 14.8. The molecule has 0 aliphatic rings. The molecule has 0 atom stereocenters. The van der Waals surface area contributed by atoms with Gasteiger partial charge in [0.25, 0.3) is 0 Å². The van der Waals surface area contributed by atoms with Crippen molar-refractivity contribution in [1.29, 1.82) is 0 Å². The van der Waals surface area contributed by atoms with Crippen molar-refractivity contribution in [3.63, 3.8) is 0 Å². The third-order valence-corrected chi connectivity index (χ3v) is 4.54. The molecule has 4 aromatic rings. The van der Waals surface area contributed by atoms with Gasteiger partial charge < -0.3 is 4.90 Å². The second kappa shape index (κ2) is 7.32. The molecule has 0 unspecified atom stereocenters. The van der Waals surface area contributed by atoms with E-state index in [-0.39, 0.29) is 0 Å². The molecule has 26 heavy (non-hydrogen) atoms.